The third-order valence-electron chi connectivity index (χ3n) is 3.25. The fourth-order valence-electron chi connectivity index (χ4n) is 1.97. The highest BCUT2D eigenvalue weighted by Crippen LogP contribution is 2.43. The number of rotatable bonds is 3. The lowest BCUT2D eigenvalue weighted by atomic mass is 9.91. The number of hydrogen-bond donors (Lipinski definition) is 1. The van der Waals surface area contributed by atoms with Crippen molar-refractivity contribution in [2.45, 2.75) is 25.8 Å². The molecule has 2 N–H and O–H groups in total. The van der Waals surface area contributed by atoms with E-state index in [1.54, 1.807) is 6.07 Å². The summed E-state index contributed by atoms with van der Waals surface area (Å²) in [6.07, 6.45) is 2.60. The van der Waals surface area contributed by atoms with Crippen molar-refractivity contribution in [3.63, 3.8) is 0 Å². The summed E-state index contributed by atoms with van der Waals surface area (Å²) in [5, 5.41) is 1.42. The van der Waals surface area contributed by atoms with Gasteiger partial charge >= 0.3 is 0 Å². The van der Waals surface area contributed by atoms with Crippen LogP contribution in [0.3, 0.4) is 0 Å². The highest BCUT2D eigenvalue weighted by Gasteiger charge is 2.32. The Bertz CT molecular complexity index is 361. The molecule has 0 bridgehead atoms. The van der Waals surface area contributed by atoms with Crippen LogP contribution in [-0.4, -0.2) is 0 Å². The second-order valence-electron chi connectivity index (χ2n) is 4.39. The maximum atomic E-state index is 6.21. The van der Waals surface area contributed by atoms with E-state index in [0.717, 1.165) is 16.5 Å². The lowest BCUT2D eigenvalue weighted by Gasteiger charge is -2.21. The Labute approximate surface area is 101 Å². The predicted octanol–water partition coefficient (Wildman–Crippen LogP) is 4.04. The molecule has 0 spiro atoms. The van der Waals surface area contributed by atoms with E-state index in [4.69, 9.17) is 28.9 Å². The van der Waals surface area contributed by atoms with Crippen LogP contribution in [0.25, 0.3) is 0 Å². The highest BCUT2D eigenvalue weighted by molar-refractivity contribution is 6.33. The zero-order valence-electron chi connectivity index (χ0n) is 8.71. The smallest absolute Gasteiger partial charge is 0.0454 e. The Balaban J connectivity index is 2.23. The zero-order valence-corrected chi connectivity index (χ0v) is 10.2. The van der Waals surface area contributed by atoms with Gasteiger partial charge in [0.25, 0.3) is 0 Å². The molecular weight excluding hydrogens is 229 g/mol. The summed E-state index contributed by atoms with van der Waals surface area (Å²) in [5.74, 6) is 1.26. The molecule has 15 heavy (non-hydrogen) atoms. The third-order valence-corrected chi connectivity index (χ3v) is 3.83. The van der Waals surface area contributed by atoms with Gasteiger partial charge in [0.15, 0.2) is 0 Å². The van der Waals surface area contributed by atoms with E-state index in [1.807, 2.05) is 12.1 Å². The van der Waals surface area contributed by atoms with Gasteiger partial charge in [-0.1, -0.05) is 30.1 Å². The largest absolute Gasteiger partial charge is 0.324 e. The Morgan fingerprint density at radius 2 is 2.00 bits per heavy atom. The van der Waals surface area contributed by atoms with Crippen molar-refractivity contribution in [3.05, 3.63) is 33.8 Å². The SMILES string of the molecule is CC(C1CC1)C(N)c1cc(Cl)ccc1Cl. The summed E-state index contributed by atoms with van der Waals surface area (Å²) in [5.41, 5.74) is 7.18. The molecule has 0 amide bonds. The van der Waals surface area contributed by atoms with Gasteiger partial charge in [-0.3, -0.25) is 0 Å². The van der Waals surface area contributed by atoms with Crippen LogP contribution in [-0.2, 0) is 0 Å². The highest BCUT2D eigenvalue weighted by atomic mass is 35.5. The van der Waals surface area contributed by atoms with Crippen molar-refractivity contribution in [1.82, 2.24) is 0 Å². The van der Waals surface area contributed by atoms with E-state index in [9.17, 15) is 0 Å². The van der Waals surface area contributed by atoms with E-state index >= 15 is 0 Å². The van der Waals surface area contributed by atoms with E-state index in [1.165, 1.54) is 12.8 Å². The van der Waals surface area contributed by atoms with Crippen LogP contribution in [0.5, 0.6) is 0 Å². The first-order chi connectivity index (χ1) is 7.09. The van der Waals surface area contributed by atoms with E-state index in [0.29, 0.717) is 10.9 Å². The summed E-state index contributed by atoms with van der Waals surface area (Å²) >= 11 is 12.1. The van der Waals surface area contributed by atoms with Crippen LogP contribution < -0.4 is 5.73 Å². The molecule has 2 rings (SSSR count). The first kappa shape index (κ1) is 11.3. The summed E-state index contributed by atoms with van der Waals surface area (Å²) in [6, 6.07) is 5.50. The molecule has 1 aromatic rings. The quantitative estimate of drug-likeness (QED) is 0.853. The molecular formula is C12H15Cl2N. The predicted molar refractivity (Wildman–Crippen MR) is 65.3 cm³/mol. The molecule has 1 aliphatic carbocycles. The summed E-state index contributed by atoms with van der Waals surface area (Å²) < 4.78 is 0. The molecule has 3 heteroatoms. The maximum Gasteiger partial charge on any atom is 0.0454 e. The first-order valence-corrected chi connectivity index (χ1v) is 6.05. The molecule has 0 saturated heterocycles. The topological polar surface area (TPSA) is 26.0 Å². The van der Waals surface area contributed by atoms with Crippen LogP contribution in [0.15, 0.2) is 18.2 Å². The Kier molecular flexibility index (Phi) is 3.24. The number of hydrogen-bond acceptors (Lipinski definition) is 1. The standard InChI is InChI=1S/C12H15Cl2N/c1-7(8-2-3-8)12(15)10-6-9(13)4-5-11(10)14/h4-8,12H,2-3,15H2,1H3. The van der Waals surface area contributed by atoms with Crippen molar-refractivity contribution >= 4 is 23.2 Å². The van der Waals surface area contributed by atoms with Gasteiger partial charge in [0, 0.05) is 16.1 Å². The van der Waals surface area contributed by atoms with Gasteiger partial charge in [-0.25, -0.2) is 0 Å². The second-order valence-corrected chi connectivity index (χ2v) is 5.23. The maximum absolute atomic E-state index is 6.21. The fourth-order valence-corrected chi connectivity index (χ4v) is 2.39. The van der Waals surface area contributed by atoms with Crippen molar-refractivity contribution in [2.75, 3.05) is 0 Å². The van der Waals surface area contributed by atoms with Crippen molar-refractivity contribution in [2.24, 2.45) is 17.6 Å². The molecule has 2 unspecified atom stereocenters. The minimum Gasteiger partial charge on any atom is -0.324 e. The molecule has 0 aliphatic heterocycles. The molecule has 0 heterocycles. The molecule has 1 aliphatic rings. The Hall–Kier alpha value is -0.240. The molecule has 0 aromatic heterocycles. The summed E-state index contributed by atoms with van der Waals surface area (Å²) in [7, 11) is 0. The van der Waals surface area contributed by atoms with Crippen molar-refractivity contribution in [1.29, 1.82) is 0 Å². The Morgan fingerprint density at radius 1 is 1.33 bits per heavy atom. The van der Waals surface area contributed by atoms with Gasteiger partial charge < -0.3 is 5.73 Å². The lowest BCUT2D eigenvalue weighted by molar-refractivity contribution is 0.417. The summed E-state index contributed by atoms with van der Waals surface area (Å²) in [6.45, 7) is 2.19. The molecule has 1 nitrogen and oxygen atoms in total. The lowest BCUT2D eigenvalue weighted by Crippen LogP contribution is -2.20. The van der Waals surface area contributed by atoms with Crippen LogP contribution >= 0.6 is 23.2 Å². The van der Waals surface area contributed by atoms with Crippen LogP contribution in [0.2, 0.25) is 10.0 Å². The fraction of sp³-hybridized carbons (Fsp3) is 0.500. The van der Waals surface area contributed by atoms with Gasteiger partial charge in [-0.15, -0.1) is 0 Å². The van der Waals surface area contributed by atoms with Gasteiger partial charge in [-0.05, 0) is 48.4 Å². The average molecular weight is 244 g/mol. The monoisotopic (exact) mass is 243 g/mol. The van der Waals surface area contributed by atoms with E-state index < -0.39 is 0 Å². The third kappa shape index (κ3) is 2.47. The van der Waals surface area contributed by atoms with Gasteiger partial charge in [0.2, 0.25) is 0 Å². The number of halogens is 2. The van der Waals surface area contributed by atoms with Crippen LogP contribution in [0, 0.1) is 11.8 Å². The van der Waals surface area contributed by atoms with Gasteiger partial charge in [0.1, 0.15) is 0 Å². The number of benzene rings is 1. The van der Waals surface area contributed by atoms with Crippen LogP contribution in [0.4, 0.5) is 0 Å². The Morgan fingerprint density at radius 3 is 2.60 bits per heavy atom. The molecule has 1 fully saturated rings. The minimum atomic E-state index is 0.00343. The second kappa shape index (κ2) is 4.32. The molecule has 82 valence electrons. The minimum absolute atomic E-state index is 0.00343. The van der Waals surface area contributed by atoms with E-state index in [-0.39, 0.29) is 6.04 Å². The zero-order chi connectivity index (χ0) is 11.0. The van der Waals surface area contributed by atoms with Gasteiger partial charge in [-0.2, -0.15) is 0 Å². The molecule has 2 atom stereocenters. The van der Waals surface area contributed by atoms with E-state index in [2.05, 4.69) is 6.92 Å². The van der Waals surface area contributed by atoms with Crippen molar-refractivity contribution in [3.8, 4) is 0 Å². The van der Waals surface area contributed by atoms with Crippen molar-refractivity contribution < 1.29 is 0 Å². The summed E-state index contributed by atoms with van der Waals surface area (Å²) in [4.78, 5) is 0. The molecule has 1 saturated carbocycles. The van der Waals surface area contributed by atoms with Gasteiger partial charge in [0.05, 0.1) is 0 Å². The number of nitrogens with two attached hydrogens (primary N) is 1. The average Bonchev–Trinajstić information content (AvgIpc) is 3.03. The normalized spacial score (nSPS) is 20.0. The molecule has 1 aromatic carbocycles. The molecule has 0 radical (unpaired) electrons. The first-order valence-electron chi connectivity index (χ1n) is 5.30. The van der Waals surface area contributed by atoms with Crippen LogP contribution in [0.1, 0.15) is 31.4 Å².